The Morgan fingerprint density at radius 3 is 2.41 bits per heavy atom. The lowest BCUT2D eigenvalue weighted by molar-refractivity contribution is -0.147. The molecule has 2 aromatic rings. The van der Waals surface area contributed by atoms with E-state index in [1.807, 2.05) is 0 Å². The summed E-state index contributed by atoms with van der Waals surface area (Å²) in [6.45, 7) is 3.02. The molecule has 0 N–H and O–H groups in total. The quantitative estimate of drug-likeness (QED) is 0.414. The number of esters is 1. The first-order valence-corrected chi connectivity index (χ1v) is 8.77. The Bertz CT molecular complexity index is 908. The Hall–Kier alpha value is -2.38. The molecule has 0 fully saturated rings. The molecule has 7 nitrogen and oxygen atoms in total. The standard InChI is InChI=1S/C18H19Cl2N3O4/c1-10-16(11(2)23(4)21-10)17(25)18(26)27-9-15(24)22(3)8-12-5-6-13(19)14(20)7-12/h5-7H,8-9H2,1-4H3. The number of hydrogen-bond acceptors (Lipinski definition) is 5. The van der Waals surface area contributed by atoms with Crippen molar-refractivity contribution in [3.05, 3.63) is 50.8 Å². The molecule has 0 bridgehead atoms. The van der Waals surface area contributed by atoms with Crippen molar-refractivity contribution in [3.8, 4) is 0 Å². The average Bonchev–Trinajstić information content (AvgIpc) is 2.87. The third-order valence-electron chi connectivity index (χ3n) is 4.08. The van der Waals surface area contributed by atoms with Gasteiger partial charge in [0.1, 0.15) is 0 Å². The summed E-state index contributed by atoms with van der Waals surface area (Å²) in [5, 5.41) is 4.89. The number of ketones is 1. The Morgan fingerprint density at radius 2 is 1.85 bits per heavy atom. The molecule has 0 atom stereocenters. The van der Waals surface area contributed by atoms with Crippen LogP contribution in [0.3, 0.4) is 0 Å². The van der Waals surface area contributed by atoms with Gasteiger partial charge in [0, 0.05) is 26.3 Å². The van der Waals surface area contributed by atoms with Crippen molar-refractivity contribution in [2.24, 2.45) is 7.05 Å². The fourth-order valence-electron chi connectivity index (χ4n) is 2.51. The second kappa shape index (κ2) is 8.54. The second-order valence-electron chi connectivity index (χ2n) is 6.07. The largest absolute Gasteiger partial charge is 0.450 e. The van der Waals surface area contributed by atoms with Crippen molar-refractivity contribution in [2.45, 2.75) is 20.4 Å². The second-order valence-corrected chi connectivity index (χ2v) is 6.89. The van der Waals surface area contributed by atoms with Crippen LogP contribution in [-0.2, 0) is 27.9 Å². The number of carbonyl (C=O) groups is 3. The number of amides is 1. The third-order valence-corrected chi connectivity index (χ3v) is 4.82. The van der Waals surface area contributed by atoms with Gasteiger partial charge in [-0.25, -0.2) is 4.79 Å². The maximum Gasteiger partial charge on any atom is 0.380 e. The minimum Gasteiger partial charge on any atom is -0.450 e. The molecule has 0 aliphatic rings. The fraction of sp³-hybridized carbons (Fsp3) is 0.333. The summed E-state index contributed by atoms with van der Waals surface area (Å²) in [5.41, 5.74) is 1.95. The van der Waals surface area contributed by atoms with Crippen molar-refractivity contribution in [2.75, 3.05) is 13.7 Å². The van der Waals surface area contributed by atoms with Gasteiger partial charge in [-0.3, -0.25) is 14.3 Å². The predicted molar refractivity (Wildman–Crippen MR) is 101 cm³/mol. The van der Waals surface area contributed by atoms with Gasteiger partial charge in [0.25, 0.3) is 11.7 Å². The van der Waals surface area contributed by atoms with Gasteiger partial charge in [-0.1, -0.05) is 29.3 Å². The lowest BCUT2D eigenvalue weighted by Gasteiger charge is -2.17. The molecule has 0 unspecified atom stereocenters. The monoisotopic (exact) mass is 411 g/mol. The van der Waals surface area contributed by atoms with Crippen LogP contribution in [-0.4, -0.2) is 46.0 Å². The summed E-state index contributed by atoms with van der Waals surface area (Å²) < 4.78 is 6.38. The highest BCUT2D eigenvalue weighted by Gasteiger charge is 2.26. The number of Topliss-reactive ketones (excluding diaryl/α,β-unsaturated/α-hetero) is 1. The van der Waals surface area contributed by atoms with E-state index in [0.717, 1.165) is 5.56 Å². The molecule has 0 saturated heterocycles. The van der Waals surface area contributed by atoms with Gasteiger partial charge < -0.3 is 9.64 Å². The maximum atomic E-state index is 12.3. The van der Waals surface area contributed by atoms with E-state index in [1.165, 1.54) is 9.58 Å². The number of halogens is 2. The molecule has 0 spiro atoms. The van der Waals surface area contributed by atoms with Gasteiger partial charge in [0.2, 0.25) is 0 Å². The number of hydrogen-bond donors (Lipinski definition) is 0. The van der Waals surface area contributed by atoms with Crippen LogP contribution in [0, 0.1) is 13.8 Å². The molecule has 0 aliphatic heterocycles. The number of aromatic nitrogens is 2. The molecule has 2 rings (SSSR count). The Morgan fingerprint density at radius 1 is 1.19 bits per heavy atom. The topological polar surface area (TPSA) is 81.5 Å². The molecule has 1 aromatic heterocycles. The predicted octanol–water partition coefficient (Wildman–Crippen LogP) is 2.73. The highest BCUT2D eigenvalue weighted by molar-refractivity contribution is 6.42. The summed E-state index contributed by atoms with van der Waals surface area (Å²) >= 11 is 11.8. The van der Waals surface area contributed by atoms with Crippen LogP contribution in [0.25, 0.3) is 0 Å². The minimum absolute atomic E-state index is 0.194. The number of carbonyl (C=O) groups excluding carboxylic acids is 3. The smallest absolute Gasteiger partial charge is 0.380 e. The van der Waals surface area contributed by atoms with E-state index in [-0.39, 0.29) is 12.1 Å². The molecule has 1 heterocycles. The van der Waals surface area contributed by atoms with Crippen LogP contribution < -0.4 is 0 Å². The number of rotatable bonds is 6. The first kappa shape index (κ1) is 20.9. The first-order chi connectivity index (χ1) is 12.6. The lowest BCUT2D eigenvalue weighted by atomic mass is 10.1. The summed E-state index contributed by atoms with van der Waals surface area (Å²) in [4.78, 5) is 37.8. The first-order valence-electron chi connectivity index (χ1n) is 8.01. The summed E-state index contributed by atoms with van der Waals surface area (Å²) in [5.74, 6) is -2.37. The van der Waals surface area contributed by atoms with E-state index in [4.69, 9.17) is 27.9 Å². The van der Waals surface area contributed by atoms with Crippen molar-refractivity contribution in [1.82, 2.24) is 14.7 Å². The molecule has 0 saturated carbocycles. The minimum atomic E-state index is -1.09. The van der Waals surface area contributed by atoms with Crippen LogP contribution in [0.5, 0.6) is 0 Å². The van der Waals surface area contributed by atoms with Gasteiger partial charge in [0.05, 0.1) is 21.3 Å². The van der Waals surface area contributed by atoms with Crippen LogP contribution in [0.2, 0.25) is 10.0 Å². The van der Waals surface area contributed by atoms with E-state index in [9.17, 15) is 14.4 Å². The van der Waals surface area contributed by atoms with E-state index in [0.29, 0.717) is 21.4 Å². The van der Waals surface area contributed by atoms with Crippen LogP contribution in [0.15, 0.2) is 18.2 Å². The zero-order valence-corrected chi connectivity index (χ0v) is 16.9. The van der Waals surface area contributed by atoms with Crippen LogP contribution >= 0.6 is 23.2 Å². The van der Waals surface area contributed by atoms with E-state index in [2.05, 4.69) is 5.10 Å². The zero-order chi connectivity index (χ0) is 20.3. The molecular weight excluding hydrogens is 393 g/mol. The van der Waals surface area contributed by atoms with Gasteiger partial charge in [-0.05, 0) is 31.5 Å². The van der Waals surface area contributed by atoms with Gasteiger partial charge in [0.15, 0.2) is 6.61 Å². The van der Waals surface area contributed by atoms with Crippen LogP contribution in [0.1, 0.15) is 27.3 Å². The third kappa shape index (κ3) is 4.87. The van der Waals surface area contributed by atoms with Crippen molar-refractivity contribution in [3.63, 3.8) is 0 Å². The zero-order valence-electron chi connectivity index (χ0n) is 15.4. The molecule has 27 heavy (non-hydrogen) atoms. The number of benzene rings is 1. The Labute approximate surface area is 166 Å². The highest BCUT2D eigenvalue weighted by atomic mass is 35.5. The van der Waals surface area contributed by atoms with Gasteiger partial charge >= 0.3 is 5.97 Å². The molecule has 9 heteroatoms. The molecule has 1 amide bonds. The molecule has 1 aromatic carbocycles. The summed E-state index contributed by atoms with van der Waals surface area (Å²) in [7, 11) is 3.22. The van der Waals surface area contributed by atoms with Gasteiger partial charge in [-0.15, -0.1) is 0 Å². The van der Waals surface area contributed by atoms with Crippen LogP contribution in [0.4, 0.5) is 0 Å². The molecular formula is C18H19Cl2N3O4. The Kier molecular flexibility index (Phi) is 6.62. The molecule has 0 aliphatic carbocycles. The average molecular weight is 412 g/mol. The lowest BCUT2D eigenvalue weighted by Crippen LogP contribution is -2.32. The van der Waals surface area contributed by atoms with E-state index in [1.54, 1.807) is 46.1 Å². The van der Waals surface area contributed by atoms with E-state index >= 15 is 0 Å². The maximum absolute atomic E-state index is 12.3. The molecule has 0 radical (unpaired) electrons. The summed E-state index contributed by atoms with van der Waals surface area (Å²) in [6.07, 6.45) is 0. The number of likely N-dealkylation sites (N-methyl/N-ethyl adjacent to an activating group) is 1. The van der Waals surface area contributed by atoms with E-state index < -0.39 is 24.3 Å². The molecule has 144 valence electrons. The Balaban J connectivity index is 1.94. The van der Waals surface area contributed by atoms with Crippen molar-refractivity contribution >= 4 is 40.9 Å². The number of nitrogens with zero attached hydrogens (tertiary/aromatic N) is 3. The summed E-state index contributed by atoms with van der Waals surface area (Å²) in [6, 6.07) is 5.02. The van der Waals surface area contributed by atoms with Crippen molar-refractivity contribution < 1.29 is 19.1 Å². The fourth-order valence-corrected chi connectivity index (χ4v) is 2.83. The number of aryl methyl sites for hydroxylation is 2. The van der Waals surface area contributed by atoms with Crippen molar-refractivity contribution in [1.29, 1.82) is 0 Å². The van der Waals surface area contributed by atoms with Gasteiger partial charge in [-0.2, -0.15) is 5.10 Å². The normalized spacial score (nSPS) is 10.6. The SMILES string of the molecule is Cc1nn(C)c(C)c1C(=O)C(=O)OCC(=O)N(C)Cc1ccc(Cl)c(Cl)c1. The highest BCUT2D eigenvalue weighted by Crippen LogP contribution is 2.23. The number of ether oxygens (including phenoxy) is 1.